The Morgan fingerprint density at radius 2 is 1.85 bits per heavy atom. The van der Waals surface area contributed by atoms with Crippen LogP contribution in [-0.2, 0) is 9.59 Å². The van der Waals surface area contributed by atoms with E-state index in [-0.39, 0.29) is 24.8 Å². The molecule has 0 atom stereocenters. The Bertz CT molecular complexity index is 823. The Hall–Kier alpha value is -2.53. The largest absolute Gasteiger partial charge is 0.495 e. The Morgan fingerprint density at radius 1 is 1.11 bits per heavy atom. The van der Waals surface area contributed by atoms with Crippen LogP contribution in [0.25, 0.3) is 0 Å². The van der Waals surface area contributed by atoms with Gasteiger partial charge >= 0.3 is 0 Å². The van der Waals surface area contributed by atoms with E-state index in [1.165, 1.54) is 18.9 Å². The monoisotopic (exact) mass is 388 g/mol. The topological polar surface area (TPSA) is 49.9 Å². The minimum Gasteiger partial charge on any atom is -0.495 e. The Morgan fingerprint density at radius 3 is 2.44 bits per heavy atom. The van der Waals surface area contributed by atoms with Gasteiger partial charge in [-0.1, -0.05) is 23.7 Å². The Balaban J connectivity index is 2.19. The van der Waals surface area contributed by atoms with Gasteiger partial charge in [0.2, 0.25) is 11.8 Å². The second-order valence-electron chi connectivity index (χ2n) is 6.21. The summed E-state index contributed by atoms with van der Waals surface area (Å²) in [6.45, 7) is 6.19. The molecule has 0 radical (unpaired) electrons. The summed E-state index contributed by atoms with van der Waals surface area (Å²) in [4.78, 5) is 28.2. The van der Waals surface area contributed by atoms with E-state index >= 15 is 0 Å². The molecule has 0 aliphatic heterocycles. The van der Waals surface area contributed by atoms with Crippen LogP contribution in [0.3, 0.4) is 0 Å². The first-order chi connectivity index (χ1) is 12.9. The van der Waals surface area contributed by atoms with E-state index in [1.54, 1.807) is 23.1 Å². The zero-order valence-corrected chi connectivity index (χ0v) is 16.9. The molecule has 0 heterocycles. The zero-order chi connectivity index (χ0) is 20.0. The maximum atomic E-state index is 12.8. The number of nitrogens with zero attached hydrogens (tertiary/aromatic N) is 2. The molecule has 0 unspecified atom stereocenters. The van der Waals surface area contributed by atoms with E-state index in [9.17, 15) is 9.59 Å². The number of benzene rings is 2. The smallest absolute Gasteiger partial charge is 0.228 e. The van der Waals surface area contributed by atoms with E-state index in [0.29, 0.717) is 23.0 Å². The highest BCUT2D eigenvalue weighted by Gasteiger charge is 2.20. The van der Waals surface area contributed by atoms with Crippen LogP contribution in [0.1, 0.15) is 25.8 Å². The number of carbonyl (C=O) groups excluding carboxylic acids is 2. The van der Waals surface area contributed by atoms with Crippen LogP contribution in [0.4, 0.5) is 11.4 Å². The van der Waals surface area contributed by atoms with E-state index < -0.39 is 0 Å². The van der Waals surface area contributed by atoms with Crippen LogP contribution < -0.4 is 14.5 Å². The lowest BCUT2D eigenvalue weighted by Crippen LogP contribution is -2.36. The predicted molar refractivity (Wildman–Crippen MR) is 110 cm³/mol. The number of rotatable bonds is 7. The summed E-state index contributed by atoms with van der Waals surface area (Å²) in [5.74, 6) is 0.311. The number of anilines is 2. The Kier molecular flexibility index (Phi) is 7.25. The normalized spacial score (nSPS) is 10.4. The van der Waals surface area contributed by atoms with Crippen molar-refractivity contribution in [1.82, 2.24) is 0 Å². The van der Waals surface area contributed by atoms with Gasteiger partial charge in [0.25, 0.3) is 0 Å². The predicted octanol–water partition coefficient (Wildman–Crippen LogP) is 4.45. The van der Waals surface area contributed by atoms with Crippen molar-refractivity contribution < 1.29 is 14.3 Å². The quantitative estimate of drug-likeness (QED) is 0.703. The molecule has 0 N–H and O–H groups in total. The number of carbonyl (C=O) groups is 2. The molecule has 5 nitrogen and oxygen atoms in total. The van der Waals surface area contributed by atoms with Crippen LogP contribution in [0.2, 0.25) is 5.02 Å². The second kappa shape index (κ2) is 9.42. The molecule has 0 saturated carbocycles. The number of hydrogen-bond acceptors (Lipinski definition) is 3. The number of halogens is 1. The van der Waals surface area contributed by atoms with Crippen LogP contribution in [0.5, 0.6) is 5.75 Å². The van der Waals surface area contributed by atoms with E-state index in [1.807, 2.05) is 38.1 Å². The van der Waals surface area contributed by atoms with Gasteiger partial charge in [-0.25, -0.2) is 0 Å². The lowest BCUT2D eigenvalue weighted by Gasteiger charge is -2.26. The molecule has 0 bridgehead atoms. The van der Waals surface area contributed by atoms with Crippen molar-refractivity contribution in [3.63, 3.8) is 0 Å². The van der Waals surface area contributed by atoms with Gasteiger partial charge in [0.15, 0.2) is 0 Å². The fourth-order valence-corrected chi connectivity index (χ4v) is 3.13. The summed E-state index contributed by atoms with van der Waals surface area (Å²) in [6, 6.07) is 12.9. The first-order valence-corrected chi connectivity index (χ1v) is 9.23. The molecule has 2 aromatic rings. The number of hydrogen-bond donors (Lipinski definition) is 0. The highest BCUT2D eigenvalue weighted by molar-refractivity contribution is 6.31. The molecule has 6 heteroatoms. The summed E-state index contributed by atoms with van der Waals surface area (Å²) in [6.07, 6.45) is 0.191. The van der Waals surface area contributed by atoms with Gasteiger partial charge in [0.05, 0.1) is 12.8 Å². The summed E-state index contributed by atoms with van der Waals surface area (Å²) >= 11 is 6.08. The molecule has 0 saturated heterocycles. The van der Waals surface area contributed by atoms with Gasteiger partial charge in [-0.05, 0) is 49.7 Å². The van der Waals surface area contributed by atoms with Crippen LogP contribution in [-0.4, -0.2) is 32.0 Å². The summed E-state index contributed by atoms with van der Waals surface area (Å²) in [5.41, 5.74) is 2.51. The molecule has 2 amide bonds. The first-order valence-electron chi connectivity index (χ1n) is 8.86. The highest BCUT2D eigenvalue weighted by Crippen LogP contribution is 2.31. The van der Waals surface area contributed by atoms with Crippen molar-refractivity contribution in [3.8, 4) is 5.75 Å². The molecule has 0 aliphatic rings. The van der Waals surface area contributed by atoms with Gasteiger partial charge in [0, 0.05) is 37.1 Å². The number of methoxy groups -OCH3 is 1. The average Bonchev–Trinajstić information content (AvgIpc) is 2.62. The van der Waals surface area contributed by atoms with Crippen molar-refractivity contribution in [3.05, 3.63) is 53.1 Å². The second-order valence-corrected chi connectivity index (χ2v) is 6.65. The molecule has 144 valence electrons. The van der Waals surface area contributed by atoms with Crippen molar-refractivity contribution in [2.45, 2.75) is 27.2 Å². The summed E-state index contributed by atoms with van der Waals surface area (Å²) in [5, 5.41) is 0.498. The van der Waals surface area contributed by atoms with Crippen LogP contribution in [0.15, 0.2) is 42.5 Å². The third-order valence-corrected chi connectivity index (χ3v) is 4.53. The highest BCUT2D eigenvalue weighted by atomic mass is 35.5. The maximum absolute atomic E-state index is 12.8. The van der Waals surface area contributed by atoms with Gasteiger partial charge in [-0.2, -0.15) is 0 Å². The van der Waals surface area contributed by atoms with Crippen molar-refractivity contribution in [2.75, 3.05) is 30.0 Å². The molecule has 2 rings (SSSR count). The first kappa shape index (κ1) is 20.8. The number of amides is 2. The van der Waals surface area contributed by atoms with Crippen LogP contribution in [0, 0.1) is 6.92 Å². The van der Waals surface area contributed by atoms with Gasteiger partial charge in [-0.3, -0.25) is 9.59 Å². The third kappa shape index (κ3) is 5.23. The molecule has 0 spiro atoms. The SMILES string of the molecule is CCN(C(=O)CCN(C(C)=O)c1cc(Cl)ccc1OC)c1cccc(C)c1. The molecule has 2 aromatic carbocycles. The van der Waals surface area contributed by atoms with Gasteiger partial charge < -0.3 is 14.5 Å². The van der Waals surface area contributed by atoms with Crippen molar-refractivity contribution in [2.24, 2.45) is 0 Å². The summed E-state index contributed by atoms with van der Waals surface area (Å²) in [7, 11) is 1.53. The Labute approximate surface area is 165 Å². The molecule has 27 heavy (non-hydrogen) atoms. The van der Waals surface area contributed by atoms with E-state index in [4.69, 9.17) is 16.3 Å². The van der Waals surface area contributed by atoms with Gasteiger partial charge in [-0.15, -0.1) is 0 Å². The van der Waals surface area contributed by atoms with Crippen LogP contribution >= 0.6 is 11.6 Å². The number of aryl methyl sites for hydroxylation is 1. The standard InChI is InChI=1S/C21H25ClN2O3/c1-5-23(18-8-6-7-15(2)13-18)21(26)11-12-24(16(3)25)19-14-17(22)9-10-20(19)27-4/h6-10,13-14H,5,11-12H2,1-4H3. The lowest BCUT2D eigenvalue weighted by molar-refractivity contribution is -0.118. The summed E-state index contributed by atoms with van der Waals surface area (Å²) < 4.78 is 5.34. The maximum Gasteiger partial charge on any atom is 0.228 e. The molecule has 0 aliphatic carbocycles. The fraction of sp³-hybridized carbons (Fsp3) is 0.333. The third-order valence-electron chi connectivity index (χ3n) is 4.29. The minimum atomic E-state index is -0.179. The minimum absolute atomic E-state index is 0.0460. The average molecular weight is 389 g/mol. The molecular formula is C21H25ClN2O3. The van der Waals surface area contributed by atoms with Gasteiger partial charge in [0.1, 0.15) is 5.75 Å². The molecule has 0 fully saturated rings. The van der Waals surface area contributed by atoms with E-state index in [0.717, 1.165) is 11.3 Å². The molecular weight excluding hydrogens is 364 g/mol. The number of ether oxygens (including phenoxy) is 1. The lowest BCUT2D eigenvalue weighted by atomic mass is 10.2. The van der Waals surface area contributed by atoms with Crippen molar-refractivity contribution in [1.29, 1.82) is 0 Å². The van der Waals surface area contributed by atoms with Crippen molar-refractivity contribution >= 4 is 34.8 Å². The van der Waals surface area contributed by atoms with E-state index in [2.05, 4.69) is 0 Å². The zero-order valence-electron chi connectivity index (χ0n) is 16.2. The molecule has 0 aromatic heterocycles. The fourth-order valence-electron chi connectivity index (χ4n) is 2.96.